The summed E-state index contributed by atoms with van der Waals surface area (Å²) in [6, 6.07) is 57.3. The van der Waals surface area contributed by atoms with Crippen molar-refractivity contribution < 1.29 is 4.42 Å². The fraction of sp³-hybridized carbons (Fsp3) is 0. The summed E-state index contributed by atoms with van der Waals surface area (Å²) in [5.41, 5.74) is 6.84. The van der Waals surface area contributed by atoms with Crippen molar-refractivity contribution in [2.75, 3.05) is 0 Å². The first-order chi connectivity index (χ1) is 25.8. The molecule has 0 aliphatic carbocycles. The fourth-order valence-electron chi connectivity index (χ4n) is 7.76. The van der Waals surface area contributed by atoms with Crippen LogP contribution in [0.1, 0.15) is 0 Å². The third-order valence-electron chi connectivity index (χ3n) is 10.1. The second-order valence-electron chi connectivity index (χ2n) is 13.1. The number of thiophene rings is 1. The zero-order valence-electron chi connectivity index (χ0n) is 27.7. The monoisotopic (exact) mass is 681 g/mol. The van der Waals surface area contributed by atoms with E-state index in [-0.39, 0.29) is 0 Å². The van der Waals surface area contributed by atoms with Crippen LogP contribution in [0.3, 0.4) is 0 Å². The lowest BCUT2D eigenvalue weighted by molar-refractivity contribution is 0.669. The van der Waals surface area contributed by atoms with Gasteiger partial charge < -0.3 is 4.42 Å². The molecule has 11 rings (SSSR count). The van der Waals surface area contributed by atoms with Crippen molar-refractivity contribution >= 4 is 75.0 Å². The molecule has 11 aromatic rings. The van der Waals surface area contributed by atoms with E-state index in [1.54, 1.807) is 11.3 Å². The average Bonchev–Trinajstić information content (AvgIpc) is 3.78. The van der Waals surface area contributed by atoms with E-state index < -0.39 is 0 Å². The van der Waals surface area contributed by atoms with E-state index in [4.69, 9.17) is 19.4 Å². The Morgan fingerprint density at radius 2 is 1.00 bits per heavy atom. The summed E-state index contributed by atoms with van der Waals surface area (Å²) in [7, 11) is 0. The van der Waals surface area contributed by atoms with Crippen LogP contribution in [0.5, 0.6) is 0 Å². The Morgan fingerprint density at radius 3 is 1.88 bits per heavy atom. The van der Waals surface area contributed by atoms with Gasteiger partial charge in [-0.2, -0.15) is 0 Å². The minimum Gasteiger partial charge on any atom is -0.456 e. The number of rotatable bonds is 4. The topological polar surface area (TPSA) is 51.8 Å². The van der Waals surface area contributed by atoms with Crippen molar-refractivity contribution in [3.8, 4) is 45.3 Å². The maximum Gasteiger partial charge on any atom is 0.165 e. The van der Waals surface area contributed by atoms with Crippen LogP contribution in [0.2, 0.25) is 0 Å². The third kappa shape index (κ3) is 4.50. The Bertz CT molecular complexity index is 3190. The van der Waals surface area contributed by atoms with Gasteiger partial charge in [-0.25, -0.2) is 15.0 Å². The normalized spacial score (nSPS) is 11.8. The number of hydrogen-bond donors (Lipinski definition) is 0. The van der Waals surface area contributed by atoms with Gasteiger partial charge in [0.2, 0.25) is 0 Å². The third-order valence-corrected chi connectivity index (χ3v) is 11.3. The molecule has 0 spiro atoms. The summed E-state index contributed by atoms with van der Waals surface area (Å²) in [6.07, 6.45) is 0. The molecule has 0 aliphatic heterocycles. The Kier molecular flexibility index (Phi) is 6.39. The van der Waals surface area contributed by atoms with E-state index in [2.05, 4.69) is 152 Å². The Labute approximate surface area is 302 Å². The first kappa shape index (κ1) is 29.1. The first-order valence-electron chi connectivity index (χ1n) is 17.4. The Hall–Kier alpha value is -6.69. The lowest BCUT2D eigenvalue weighted by Crippen LogP contribution is -2.01. The molecule has 8 aromatic carbocycles. The van der Waals surface area contributed by atoms with Crippen molar-refractivity contribution in [3.05, 3.63) is 164 Å². The van der Waals surface area contributed by atoms with Gasteiger partial charge in [0.15, 0.2) is 17.5 Å². The molecule has 0 aliphatic rings. The van der Waals surface area contributed by atoms with E-state index >= 15 is 0 Å². The minimum atomic E-state index is 0.614. The minimum absolute atomic E-state index is 0.614. The molecule has 0 atom stereocenters. The number of para-hydroxylation sites is 1. The van der Waals surface area contributed by atoms with Crippen LogP contribution in [0.25, 0.3) is 109 Å². The molecule has 5 heteroatoms. The predicted molar refractivity (Wildman–Crippen MR) is 217 cm³/mol. The lowest BCUT2D eigenvalue weighted by atomic mass is 9.97. The number of nitrogens with zero attached hydrogens (tertiary/aromatic N) is 3. The molecular formula is C47H27N3OS. The van der Waals surface area contributed by atoms with Crippen LogP contribution in [-0.4, -0.2) is 15.0 Å². The van der Waals surface area contributed by atoms with E-state index in [1.165, 1.54) is 31.1 Å². The van der Waals surface area contributed by atoms with Crippen LogP contribution in [0, 0.1) is 0 Å². The van der Waals surface area contributed by atoms with Crippen LogP contribution in [0.4, 0.5) is 0 Å². The van der Waals surface area contributed by atoms with Gasteiger partial charge in [-0.1, -0.05) is 140 Å². The van der Waals surface area contributed by atoms with E-state index in [1.807, 2.05) is 12.1 Å². The van der Waals surface area contributed by atoms with Crippen LogP contribution < -0.4 is 0 Å². The summed E-state index contributed by atoms with van der Waals surface area (Å²) in [5.74, 6) is 1.87. The predicted octanol–water partition coefficient (Wildman–Crippen LogP) is 13.1. The van der Waals surface area contributed by atoms with Gasteiger partial charge in [-0.3, -0.25) is 0 Å². The van der Waals surface area contributed by atoms with Crippen LogP contribution in [-0.2, 0) is 0 Å². The van der Waals surface area contributed by atoms with Crippen molar-refractivity contribution in [3.63, 3.8) is 0 Å². The van der Waals surface area contributed by atoms with Crippen molar-refractivity contribution in [1.82, 2.24) is 15.0 Å². The van der Waals surface area contributed by atoms with Crippen molar-refractivity contribution in [1.29, 1.82) is 0 Å². The van der Waals surface area contributed by atoms with Crippen LogP contribution in [0.15, 0.2) is 168 Å². The van der Waals surface area contributed by atoms with Gasteiger partial charge in [0.25, 0.3) is 0 Å². The molecule has 242 valence electrons. The SMILES string of the molecule is c1ccc2c(-c3ccc(-c4nc(-c5c6ccccc6cc6oc7ccccc7c56)nc(-c5cccc6sc7ccccc7c56)n4)cc3)cccc2c1. The molecule has 3 aromatic heterocycles. The second-order valence-corrected chi connectivity index (χ2v) is 14.2. The maximum absolute atomic E-state index is 6.46. The summed E-state index contributed by atoms with van der Waals surface area (Å²) in [6.45, 7) is 0. The molecule has 0 radical (unpaired) electrons. The van der Waals surface area contributed by atoms with Crippen molar-refractivity contribution in [2.45, 2.75) is 0 Å². The summed E-state index contributed by atoms with van der Waals surface area (Å²) in [4.78, 5) is 15.9. The largest absolute Gasteiger partial charge is 0.456 e. The molecule has 0 saturated heterocycles. The molecule has 0 saturated carbocycles. The van der Waals surface area contributed by atoms with Gasteiger partial charge in [0, 0.05) is 47.6 Å². The van der Waals surface area contributed by atoms with Crippen LogP contribution >= 0.6 is 11.3 Å². The number of furan rings is 1. The molecule has 0 N–H and O–H groups in total. The van der Waals surface area contributed by atoms with Gasteiger partial charge in [0.1, 0.15) is 11.2 Å². The zero-order chi connectivity index (χ0) is 34.2. The van der Waals surface area contributed by atoms with E-state index in [0.717, 1.165) is 60.4 Å². The Morgan fingerprint density at radius 1 is 0.385 bits per heavy atom. The van der Waals surface area contributed by atoms with E-state index in [9.17, 15) is 0 Å². The first-order valence-corrected chi connectivity index (χ1v) is 18.2. The summed E-state index contributed by atoms with van der Waals surface area (Å²) in [5, 5.41) is 8.98. The molecule has 52 heavy (non-hydrogen) atoms. The Balaban J connectivity index is 1.19. The van der Waals surface area contributed by atoms with Gasteiger partial charge >= 0.3 is 0 Å². The standard InChI is InChI=1S/C47H27N3OS/c1-3-14-32-28(11-1)13-9-18-33(32)29-23-25-30(26-24-29)45-48-46(37-19-10-22-41-42(37)36-17-6-8-21-40(36)52-41)50-47(49-45)44-34-15-4-2-12-31(34)27-39-43(44)35-16-5-7-20-38(35)51-39/h1-27H. The smallest absolute Gasteiger partial charge is 0.165 e. The number of benzene rings is 8. The highest BCUT2D eigenvalue weighted by atomic mass is 32.1. The second kappa shape index (κ2) is 11.4. The summed E-state index contributed by atoms with van der Waals surface area (Å²) >= 11 is 1.79. The van der Waals surface area contributed by atoms with E-state index in [0.29, 0.717) is 17.5 Å². The average molecular weight is 682 g/mol. The fourth-order valence-corrected chi connectivity index (χ4v) is 8.89. The number of hydrogen-bond acceptors (Lipinski definition) is 5. The molecule has 0 bridgehead atoms. The lowest BCUT2D eigenvalue weighted by Gasteiger charge is -2.13. The van der Waals surface area contributed by atoms with Gasteiger partial charge in [0.05, 0.1) is 0 Å². The van der Waals surface area contributed by atoms with Gasteiger partial charge in [-0.15, -0.1) is 11.3 Å². The number of fused-ring (bicyclic) bond motifs is 8. The number of aromatic nitrogens is 3. The highest BCUT2D eigenvalue weighted by Gasteiger charge is 2.22. The zero-order valence-corrected chi connectivity index (χ0v) is 28.6. The highest BCUT2D eigenvalue weighted by Crippen LogP contribution is 2.43. The molecule has 0 unspecified atom stereocenters. The summed E-state index contributed by atoms with van der Waals surface area (Å²) < 4.78 is 8.91. The molecular weight excluding hydrogens is 655 g/mol. The highest BCUT2D eigenvalue weighted by molar-refractivity contribution is 7.25. The van der Waals surface area contributed by atoms with Crippen molar-refractivity contribution in [2.24, 2.45) is 0 Å². The van der Waals surface area contributed by atoms with Gasteiger partial charge in [-0.05, 0) is 56.9 Å². The molecule has 0 fully saturated rings. The molecule has 4 nitrogen and oxygen atoms in total. The molecule has 3 heterocycles. The quantitative estimate of drug-likeness (QED) is 0.185. The maximum atomic E-state index is 6.46. The molecule has 0 amide bonds.